The molecule has 1 amide bonds. The average molecular weight is 361 g/mol. The number of carbonyl (C=O) groups excluding carboxylic acids is 1. The van der Waals surface area contributed by atoms with Crippen molar-refractivity contribution in [1.82, 2.24) is 5.32 Å². The fourth-order valence-electron chi connectivity index (χ4n) is 2.37. The first-order valence-corrected chi connectivity index (χ1v) is 9.50. The Morgan fingerprint density at radius 2 is 1.76 bits per heavy atom. The topological polar surface area (TPSA) is 101 Å². The maximum atomic E-state index is 11.9. The molecule has 4 N–H and O–H groups in total. The van der Waals surface area contributed by atoms with Crippen molar-refractivity contribution >= 4 is 21.6 Å². The summed E-state index contributed by atoms with van der Waals surface area (Å²) in [6, 6.07) is 12.3. The summed E-state index contributed by atoms with van der Waals surface area (Å²) in [4.78, 5) is 12.0. The number of amides is 1. The van der Waals surface area contributed by atoms with Crippen molar-refractivity contribution in [1.29, 1.82) is 0 Å². The van der Waals surface area contributed by atoms with Gasteiger partial charge in [0.1, 0.15) is 0 Å². The number of sulfonamides is 1. The number of nitrogens with one attached hydrogen (secondary N) is 2. The second-order valence-corrected chi connectivity index (χ2v) is 7.45. The lowest BCUT2D eigenvalue weighted by atomic mass is 10.1. The molecule has 0 heterocycles. The molecule has 0 spiro atoms. The van der Waals surface area contributed by atoms with E-state index in [2.05, 4.69) is 10.6 Å². The minimum Gasteiger partial charge on any atom is -0.376 e. The molecule has 0 aliphatic heterocycles. The maximum absolute atomic E-state index is 11.9. The van der Waals surface area contributed by atoms with E-state index in [4.69, 9.17) is 5.14 Å². The van der Waals surface area contributed by atoms with E-state index in [1.165, 1.54) is 17.7 Å². The van der Waals surface area contributed by atoms with Gasteiger partial charge in [-0.1, -0.05) is 24.3 Å². The Labute approximate surface area is 148 Å². The number of nitrogens with two attached hydrogens (primary N) is 1. The molecular formula is C18H23N3O3S. The molecule has 2 aromatic carbocycles. The highest BCUT2D eigenvalue weighted by atomic mass is 32.2. The van der Waals surface area contributed by atoms with Crippen LogP contribution >= 0.6 is 0 Å². The van der Waals surface area contributed by atoms with E-state index in [9.17, 15) is 13.2 Å². The third-order valence-electron chi connectivity index (χ3n) is 4.03. The summed E-state index contributed by atoms with van der Waals surface area (Å²) < 4.78 is 22.4. The third kappa shape index (κ3) is 5.58. The fraction of sp³-hybridized carbons (Fsp3) is 0.278. The minimum absolute atomic E-state index is 0.0815. The molecular weight excluding hydrogens is 338 g/mol. The third-order valence-corrected chi connectivity index (χ3v) is 4.96. The number of benzene rings is 2. The molecule has 0 saturated heterocycles. The van der Waals surface area contributed by atoms with E-state index in [1.807, 2.05) is 32.0 Å². The fourth-order valence-corrected chi connectivity index (χ4v) is 2.89. The molecule has 0 fully saturated rings. The number of carbonyl (C=O) groups is 1. The number of hydrogen-bond acceptors (Lipinski definition) is 4. The Bertz CT molecular complexity index is 846. The Kier molecular flexibility index (Phi) is 6.17. The molecule has 0 bridgehead atoms. The summed E-state index contributed by atoms with van der Waals surface area (Å²) in [5, 5.41) is 11.0. The van der Waals surface area contributed by atoms with Crippen LogP contribution in [0.5, 0.6) is 0 Å². The van der Waals surface area contributed by atoms with Crippen molar-refractivity contribution in [3.05, 3.63) is 59.2 Å². The highest BCUT2D eigenvalue weighted by Gasteiger charge is 2.07. The van der Waals surface area contributed by atoms with Gasteiger partial charge in [0.05, 0.1) is 11.4 Å². The molecule has 0 aromatic heterocycles. The number of hydrogen-bond donors (Lipinski definition) is 3. The normalized spacial score (nSPS) is 11.2. The van der Waals surface area contributed by atoms with Crippen molar-refractivity contribution in [3.63, 3.8) is 0 Å². The van der Waals surface area contributed by atoms with Crippen LogP contribution in [-0.4, -0.2) is 27.4 Å². The number of rotatable bonds is 7. The molecule has 0 atom stereocenters. The van der Waals surface area contributed by atoms with Crippen LogP contribution in [0, 0.1) is 13.8 Å². The minimum atomic E-state index is -3.67. The molecule has 6 nitrogen and oxygen atoms in total. The lowest BCUT2D eigenvalue weighted by Crippen LogP contribution is -2.31. The predicted octanol–water partition coefficient (Wildman–Crippen LogP) is 1.72. The van der Waals surface area contributed by atoms with Gasteiger partial charge in [0.2, 0.25) is 15.9 Å². The van der Waals surface area contributed by atoms with Crippen LogP contribution in [0.15, 0.2) is 47.4 Å². The van der Waals surface area contributed by atoms with Gasteiger partial charge in [-0.2, -0.15) is 0 Å². The average Bonchev–Trinajstić information content (AvgIpc) is 2.56. The smallest absolute Gasteiger partial charge is 0.239 e. The van der Waals surface area contributed by atoms with Gasteiger partial charge in [-0.25, -0.2) is 13.6 Å². The lowest BCUT2D eigenvalue weighted by Gasteiger charge is -2.11. The van der Waals surface area contributed by atoms with Crippen LogP contribution in [0.25, 0.3) is 0 Å². The Morgan fingerprint density at radius 3 is 2.40 bits per heavy atom. The maximum Gasteiger partial charge on any atom is 0.239 e. The molecule has 0 unspecified atom stereocenters. The largest absolute Gasteiger partial charge is 0.376 e. The SMILES string of the molecule is Cc1cccc(NCC(=O)NCCc2ccc(S(N)(=O)=O)cc2)c1C. The number of aryl methyl sites for hydroxylation is 1. The molecule has 0 saturated carbocycles. The van der Waals surface area contributed by atoms with Crippen LogP contribution in [0.3, 0.4) is 0 Å². The summed E-state index contributed by atoms with van der Waals surface area (Å²) in [6.07, 6.45) is 0.611. The Morgan fingerprint density at radius 1 is 1.08 bits per heavy atom. The molecule has 0 aliphatic rings. The summed E-state index contributed by atoms with van der Waals surface area (Å²) >= 11 is 0. The van der Waals surface area contributed by atoms with Crippen molar-refractivity contribution in [2.45, 2.75) is 25.2 Å². The summed E-state index contributed by atoms with van der Waals surface area (Å²) in [5.41, 5.74) is 4.18. The summed E-state index contributed by atoms with van der Waals surface area (Å²) in [5.74, 6) is -0.0953. The standard InChI is InChI=1S/C18H23N3O3S/c1-13-4-3-5-17(14(13)2)21-12-18(22)20-11-10-15-6-8-16(9-7-15)25(19,23)24/h3-9,21H,10-12H2,1-2H3,(H,20,22)(H2,19,23,24). The van der Waals surface area contributed by atoms with E-state index < -0.39 is 10.0 Å². The van der Waals surface area contributed by atoms with E-state index in [-0.39, 0.29) is 17.3 Å². The van der Waals surface area contributed by atoms with E-state index in [0.29, 0.717) is 13.0 Å². The zero-order valence-corrected chi connectivity index (χ0v) is 15.2. The molecule has 2 aromatic rings. The van der Waals surface area contributed by atoms with Crippen LogP contribution in [0.2, 0.25) is 0 Å². The van der Waals surface area contributed by atoms with Gasteiger partial charge in [-0.05, 0) is 55.2 Å². The van der Waals surface area contributed by atoms with Gasteiger partial charge in [0.15, 0.2) is 0 Å². The van der Waals surface area contributed by atoms with E-state index >= 15 is 0 Å². The monoisotopic (exact) mass is 361 g/mol. The molecule has 134 valence electrons. The molecule has 7 heteroatoms. The molecule has 25 heavy (non-hydrogen) atoms. The summed E-state index contributed by atoms with van der Waals surface area (Å²) in [7, 11) is -3.67. The second kappa shape index (κ2) is 8.13. The van der Waals surface area contributed by atoms with Gasteiger partial charge >= 0.3 is 0 Å². The van der Waals surface area contributed by atoms with Crippen molar-refractivity contribution in [2.75, 3.05) is 18.4 Å². The van der Waals surface area contributed by atoms with E-state index in [0.717, 1.165) is 16.8 Å². The Hall–Kier alpha value is -2.38. The predicted molar refractivity (Wildman–Crippen MR) is 98.9 cm³/mol. The van der Waals surface area contributed by atoms with Crippen LogP contribution in [0.1, 0.15) is 16.7 Å². The van der Waals surface area contributed by atoms with Gasteiger partial charge < -0.3 is 10.6 Å². The molecule has 0 radical (unpaired) electrons. The van der Waals surface area contributed by atoms with Gasteiger partial charge in [-0.3, -0.25) is 4.79 Å². The summed E-state index contributed by atoms with van der Waals surface area (Å²) in [6.45, 7) is 4.72. The number of primary sulfonamides is 1. The van der Waals surface area contributed by atoms with Crippen molar-refractivity contribution < 1.29 is 13.2 Å². The van der Waals surface area contributed by atoms with Crippen LogP contribution in [-0.2, 0) is 21.2 Å². The highest BCUT2D eigenvalue weighted by molar-refractivity contribution is 7.89. The lowest BCUT2D eigenvalue weighted by molar-refractivity contribution is -0.119. The first-order valence-electron chi connectivity index (χ1n) is 7.96. The Balaban J connectivity index is 1.78. The molecule has 2 rings (SSSR count). The van der Waals surface area contributed by atoms with E-state index in [1.54, 1.807) is 12.1 Å². The zero-order valence-electron chi connectivity index (χ0n) is 14.4. The van der Waals surface area contributed by atoms with Crippen LogP contribution < -0.4 is 15.8 Å². The van der Waals surface area contributed by atoms with Gasteiger partial charge in [0, 0.05) is 12.2 Å². The van der Waals surface area contributed by atoms with Gasteiger partial charge in [-0.15, -0.1) is 0 Å². The molecule has 0 aliphatic carbocycles. The zero-order chi connectivity index (χ0) is 18.4. The van der Waals surface area contributed by atoms with Gasteiger partial charge in [0.25, 0.3) is 0 Å². The van der Waals surface area contributed by atoms with Crippen LogP contribution in [0.4, 0.5) is 5.69 Å². The van der Waals surface area contributed by atoms with Crippen molar-refractivity contribution in [3.8, 4) is 0 Å². The second-order valence-electron chi connectivity index (χ2n) is 5.89. The quantitative estimate of drug-likeness (QED) is 0.699. The highest BCUT2D eigenvalue weighted by Crippen LogP contribution is 2.17. The number of anilines is 1. The first kappa shape index (κ1) is 19.0. The first-order chi connectivity index (χ1) is 11.8. The van der Waals surface area contributed by atoms with Crippen molar-refractivity contribution in [2.24, 2.45) is 5.14 Å².